The minimum Gasteiger partial charge on any atom is -0.463 e. The zero-order valence-electron chi connectivity index (χ0n) is 15.8. The van der Waals surface area contributed by atoms with E-state index in [0.717, 1.165) is 5.56 Å². The van der Waals surface area contributed by atoms with Gasteiger partial charge >= 0.3 is 0 Å². The summed E-state index contributed by atoms with van der Waals surface area (Å²) < 4.78 is 16.3. The van der Waals surface area contributed by atoms with Gasteiger partial charge in [-0.2, -0.15) is 0 Å². The maximum atomic E-state index is 13.2. The molecule has 3 aromatic rings. The molecule has 1 amide bonds. The van der Waals surface area contributed by atoms with Gasteiger partial charge in [0.15, 0.2) is 11.5 Å². The van der Waals surface area contributed by atoms with E-state index in [1.165, 1.54) is 6.26 Å². The van der Waals surface area contributed by atoms with E-state index in [1.54, 1.807) is 29.2 Å². The predicted molar refractivity (Wildman–Crippen MR) is 105 cm³/mol. The lowest BCUT2D eigenvalue weighted by Gasteiger charge is -2.24. The van der Waals surface area contributed by atoms with Gasteiger partial charge in [0.1, 0.15) is 17.4 Å². The molecule has 1 aliphatic heterocycles. The van der Waals surface area contributed by atoms with Gasteiger partial charge in [-0.05, 0) is 35.7 Å². The van der Waals surface area contributed by atoms with Gasteiger partial charge in [-0.15, -0.1) is 0 Å². The van der Waals surface area contributed by atoms with Crippen molar-refractivity contribution in [2.24, 2.45) is 5.92 Å². The highest BCUT2D eigenvalue weighted by Gasteiger charge is 2.23. The lowest BCUT2D eigenvalue weighted by molar-refractivity contribution is 0.0719. The van der Waals surface area contributed by atoms with Crippen LogP contribution in [-0.2, 0) is 6.54 Å². The van der Waals surface area contributed by atoms with Crippen molar-refractivity contribution in [3.63, 3.8) is 0 Å². The normalized spacial score (nSPS) is 12.5. The van der Waals surface area contributed by atoms with Crippen LogP contribution in [0.1, 0.15) is 29.8 Å². The van der Waals surface area contributed by atoms with Crippen LogP contribution in [0.5, 0.6) is 11.5 Å². The fourth-order valence-corrected chi connectivity index (χ4v) is 3.32. The van der Waals surface area contributed by atoms with E-state index in [-0.39, 0.29) is 29.6 Å². The highest BCUT2D eigenvalue weighted by atomic mass is 16.7. The molecule has 0 bridgehead atoms. The molecule has 0 unspecified atom stereocenters. The number of para-hydroxylation sites is 1. The van der Waals surface area contributed by atoms with Gasteiger partial charge in [-0.3, -0.25) is 9.59 Å². The van der Waals surface area contributed by atoms with Crippen LogP contribution >= 0.6 is 0 Å². The number of nitrogens with zero attached hydrogens (tertiary/aromatic N) is 1. The summed E-state index contributed by atoms with van der Waals surface area (Å²) >= 11 is 0. The number of carbonyl (C=O) groups is 1. The summed E-state index contributed by atoms with van der Waals surface area (Å²) in [5.74, 6) is 1.26. The lowest BCUT2D eigenvalue weighted by atomic mass is 10.1. The average Bonchev–Trinajstić information content (AvgIpc) is 3.15. The summed E-state index contributed by atoms with van der Waals surface area (Å²) in [5.41, 5.74) is 1.10. The van der Waals surface area contributed by atoms with E-state index in [1.807, 2.05) is 32.0 Å². The van der Waals surface area contributed by atoms with Crippen LogP contribution in [0.4, 0.5) is 0 Å². The second-order valence-corrected chi connectivity index (χ2v) is 7.24. The van der Waals surface area contributed by atoms with Gasteiger partial charge < -0.3 is 18.8 Å². The Balaban J connectivity index is 1.66. The first-order valence-electron chi connectivity index (χ1n) is 9.21. The zero-order valence-corrected chi connectivity index (χ0v) is 15.8. The molecule has 0 saturated heterocycles. The Morgan fingerprint density at radius 2 is 1.89 bits per heavy atom. The summed E-state index contributed by atoms with van der Waals surface area (Å²) in [4.78, 5) is 27.7. The molecule has 28 heavy (non-hydrogen) atoms. The Labute approximate surface area is 162 Å². The minimum absolute atomic E-state index is 0.0418. The van der Waals surface area contributed by atoms with E-state index < -0.39 is 0 Å². The molecule has 1 aliphatic rings. The number of hydrogen-bond acceptors (Lipinski definition) is 5. The molecule has 0 aliphatic carbocycles. The minimum atomic E-state index is -0.342. The number of rotatable bonds is 5. The van der Waals surface area contributed by atoms with Crippen molar-refractivity contribution in [2.75, 3.05) is 13.3 Å². The summed E-state index contributed by atoms with van der Waals surface area (Å²) in [6, 6.07) is 12.5. The molecule has 6 heteroatoms. The monoisotopic (exact) mass is 379 g/mol. The van der Waals surface area contributed by atoms with Crippen LogP contribution in [0.3, 0.4) is 0 Å². The molecule has 0 N–H and O–H groups in total. The van der Waals surface area contributed by atoms with Crippen LogP contribution < -0.4 is 14.9 Å². The first-order valence-corrected chi connectivity index (χ1v) is 9.21. The van der Waals surface area contributed by atoms with E-state index >= 15 is 0 Å². The van der Waals surface area contributed by atoms with Crippen molar-refractivity contribution < 1.29 is 18.7 Å². The van der Waals surface area contributed by atoms with Gasteiger partial charge in [0.25, 0.3) is 5.91 Å². The van der Waals surface area contributed by atoms with Gasteiger partial charge in [0, 0.05) is 13.1 Å². The van der Waals surface area contributed by atoms with Crippen molar-refractivity contribution in [3.8, 4) is 11.5 Å². The number of ether oxygens (including phenoxy) is 2. The molecule has 1 aromatic heterocycles. The lowest BCUT2D eigenvalue weighted by Crippen LogP contribution is -2.36. The van der Waals surface area contributed by atoms with Crippen molar-refractivity contribution in [3.05, 3.63) is 70.1 Å². The number of amides is 1. The van der Waals surface area contributed by atoms with Crippen molar-refractivity contribution in [2.45, 2.75) is 20.4 Å². The first-order chi connectivity index (χ1) is 13.5. The molecular formula is C22H21NO5. The fraction of sp³-hybridized carbons (Fsp3) is 0.273. The molecule has 2 aromatic carbocycles. The third-order valence-electron chi connectivity index (χ3n) is 4.59. The number of fused-ring (bicyclic) bond motifs is 2. The van der Waals surface area contributed by atoms with E-state index in [2.05, 4.69) is 0 Å². The van der Waals surface area contributed by atoms with E-state index in [0.29, 0.717) is 35.6 Å². The first kappa shape index (κ1) is 18.1. The predicted octanol–water partition coefficient (Wildman–Crippen LogP) is 3.82. The molecule has 0 atom stereocenters. The van der Waals surface area contributed by atoms with Gasteiger partial charge in [-0.25, -0.2) is 0 Å². The van der Waals surface area contributed by atoms with E-state index in [9.17, 15) is 9.59 Å². The molecule has 4 rings (SSSR count). The molecule has 2 heterocycles. The molecule has 6 nitrogen and oxygen atoms in total. The van der Waals surface area contributed by atoms with Gasteiger partial charge in [0.2, 0.25) is 12.2 Å². The Morgan fingerprint density at radius 3 is 2.71 bits per heavy atom. The maximum Gasteiger partial charge on any atom is 0.261 e. The van der Waals surface area contributed by atoms with Crippen LogP contribution in [0.15, 0.2) is 57.9 Å². The van der Waals surface area contributed by atoms with E-state index in [4.69, 9.17) is 13.9 Å². The average molecular weight is 379 g/mol. The highest BCUT2D eigenvalue weighted by Crippen LogP contribution is 2.33. The second kappa shape index (κ2) is 7.38. The van der Waals surface area contributed by atoms with Gasteiger partial charge in [0.05, 0.1) is 5.39 Å². The standard InChI is InChI=1S/C22H21NO5/c1-14(2)10-23(11-15-7-8-19-20(9-15)28-13-27-19)22(25)17-12-26-18-6-4-3-5-16(18)21(17)24/h3-9,12,14H,10-11,13H2,1-2H3. The maximum absolute atomic E-state index is 13.2. The van der Waals surface area contributed by atoms with Crippen molar-refractivity contribution in [1.29, 1.82) is 0 Å². The Morgan fingerprint density at radius 1 is 1.11 bits per heavy atom. The molecule has 0 fully saturated rings. The smallest absolute Gasteiger partial charge is 0.261 e. The van der Waals surface area contributed by atoms with Crippen LogP contribution in [0.2, 0.25) is 0 Å². The molecule has 0 spiro atoms. The Kier molecular flexibility index (Phi) is 4.77. The third kappa shape index (κ3) is 3.45. The van der Waals surface area contributed by atoms with Crippen LogP contribution in [0.25, 0.3) is 11.0 Å². The summed E-state index contributed by atoms with van der Waals surface area (Å²) in [6.45, 7) is 5.14. The molecule has 0 radical (unpaired) electrons. The SMILES string of the molecule is CC(C)CN(Cc1ccc2c(c1)OCO2)C(=O)c1coc2ccccc2c1=O. The second-order valence-electron chi connectivity index (χ2n) is 7.24. The summed E-state index contributed by atoms with van der Waals surface area (Å²) in [5, 5.41) is 0.404. The highest BCUT2D eigenvalue weighted by molar-refractivity contribution is 5.96. The summed E-state index contributed by atoms with van der Waals surface area (Å²) in [6.07, 6.45) is 1.26. The molecule has 144 valence electrons. The zero-order chi connectivity index (χ0) is 19.7. The number of carbonyl (C=O) groups excluding carboxylic acids is 1. The number of benzene rings is 2. The largest absolute Gasteiger partial charge is 0.463 e. The van der Waals surface area contributed by atoms with Crippen molar-refractivity contribution in [1.82, 2.24) is 4.90 Å². The van der Waals surface area contributed by atoms with Crippen LogP contribution in [0, 0.1) is 5.92 Å². The fourth-order valence-electron chi connectivity index (χ4n) is 3.32. The van der Waals surface area contributed by atoms with Crippen LogP contribution in [-0.4, -0.2) is 24.1 Å². The number of hydrogen-bond donors (Lipinski definition) is 0. The van der Waals surface area contributed by atoms with Crippen molar-refractivity contribution >= 4 is 16.9 Å². The molecule has 0 saturated carbocycles. The third-order valence-corrected chi connectivity index (χ3v) is 4.59. The Bertz CT molecular complexity index is 1090. The topological polar surface area (TPSA) is 69.0 Å². The molecular weight excluding hydrogens is 358 g/mol. The Hall–Kier alpha value is -3.28. The van der Waals surface area contributed by atoms with Gasteiger partial charge in [-0.1, -0.05) is 32.0 Å². The quantitative estimate of drug-likeness (QED) is 0.674. The summed E-state index contributed by atoms with van der Waals surface area (Å²) in [7, 11) is 0.